The average molecular weight is 348 g/mol. The number of halogens is 1. The highest BCUT2D eigenvalue weighted by Crippen LogP contribution is 2.38. The highest BCUT2D eigenvalue weighted by Gasteiger charge is 2.32. The van der Waals surface area contributed by atoms with E-state index in [1.165, 1.54) is 12.1 Å². The van der Waals surface area contributed by atoms with Crippen LogP contribution in [0.1, 0.15) is 26.5 Å². The van der Waals surface area contributed by atoms with E-state index in [1.807, 2.05) is 22.9 Å². The van der Waals surface area contributed by atoms with Gasteiger partial charge in [0.1, 0.15) is 11.5 Å². The number of fused-ring (bicyclic) bond motifs is 1. The zero-order valence-corrected chi connectivity index (χ0v) is 15.2. The summed E-state index contributed by atoms with van der Waals surface area (Å²) in [6, 6.07) is 10.5. The highest BCUT2D eigenvalue weighted by molar-refractivity contribution is 6.10. The van der Waals surface area contributed by atoms with Crippen molar-refractivity contribution in [1.82, 2.24) is 14.8 Å². The Labute approximate surface area is 152 Å². The fourth-order valence-corrected chi connectivity index (χ4v) is 3.42. The molecule has 0 bridgehead atoms. The first-order valence-corrected chi connectivity index (χ1v) is 8.77. The summed E-state index contributed by atoms with van der Waals surface area (Å²) >= 11 is 0. The monoisotopic (exact) mass is 348 g/mol. The van der Waals surface area contributed by atoms with Crippen LogP contribution in [0.15, 0.2) is 53.8 Å². The molecule has 4 rings (SSSR count). The number of aromatic nitrogens is 3. The standard InChI is InChI=1S/C21H21FN4/c1-21(2,3)20-19-17(14-7-9-23-10-8-14)18(25-26(19)12-11-24-20)15-5-4-6-16(22)13-15/h4-10,13H,11-12H2,1-3H3. The van der Waals surface area contributed by atoms with Gasteiger partial charge in [0.05, 0.1) is 24.5 Å². The summed E-state index contributed by atoms with van der Waals surface area (Å²) in [5, 5.41) is 4.85. The third-order valence-corrected chi connectivity index (χ3v) is 4.54. The van der Waals surface area contributed by atoms with Crippen molar-refractivity contribution in [3.05, 3.63) is 60.3 Å². The molecular weight excluding hydrogens is 327 g/mol. The second-order valence-electron chi connectivity index (χ2n) is 7.52. The number of hydrogen-bond donors (Lipinski definition) is 0. The van der Waals surface area contributed by atoms with E-state index in [4.69, 9.17) is 10.1 Å². The molecular formula is C21H21FN4. The van der Waals surface area contributed by atoms with Crippen molar-refractivity contribution >= 4 is 5.71 Å². The van der Waals surface area contributed by atoms with E-state index >= 15 is 0 Å². The zero-order chi connectivity index (χ0) is 18.3. The summed E-state index contributed by atoms with van der Waals surface area (Å²) in [7, 11) is 0. The lowest BCUT2D eigenvalue weighted by atomic mass is 9.84. The minimum absolute atomic E-state index is 0.112. The van der Waals surface area contributed by atoms with E-state index < -0.39 is 0 Å². The fourth-order valence-electron chi connectivity index (χ4n) is 3.42. The third kappa shape index (κ3) is 2.83. The van der Waals surface area contributed by atoms with Crippen LogP contribution < -0.4 is 0 Å². The molecule has 0 unspecified atom stereocenters. The van der Waals surface area contributed by atoms with E-state index in [9.17, 15) is 4.39 Å². The molecule has 0 atom stereocenters. The molecule has 132 valence electrons. The van der Waals surface area contributed by atoms with Crippen molar-refractivity contribution in [2.75, 3.05) is 6.54 Å². The van der Waals surface area contributed by atoms with Crippen molar-refractivity contribution in [2.45, 2.75) is 27.3 Å². The van der Waals surface area contributed by atoms with E-state index in [0.29, 0.717) is 6.54 Å². The lowest BCUT2D eigenvalue weighted by molar-refractivity contribution is 0.545. The van der Waals surface area contributed by atoms with E-state index in [0.717, 1.165) is 40.3 Å². The summed E-state index contributed by atoms with van der Waals surface area (Å²) in [4.78, 5) is 8.95. The maximum Gasteiger partial charge on any atom is 0.123 e. The van der Waals surface area contributed by atoms with E-state index in [-0.39, 0.29) is 11.2 Å². The van der Waals surface area contributed by atoms with Crippen LogP contribution in [-0.4, -0.2) is 27.0 Å². The summed E-state index contributed by atoms with van der Waals surface area (Å²) < 4.78 is 15.9. The Morgan fingerprint density at radius 1 is 1.04 bits per heavy atom. The van der Waals surface area contributed by atoms with Crippen LogP contribution in [0.5, 0.6) is 0 Å². The van der Waals surface area contributed by atoms with Gasteiger partial charge in [0, 0.05) is 28.9 Å². The van der Waals surface area contributed by atoms with Crippen molar-refractivity contribution < 1.29 is 4.39 Å². The van der Waals surface area contributed by atoms with Crippen LogP contribution in [0.4, 0.5) is 4.39 Å². The van der Waals surface area contributed by atoms with Gasteiger partial charge >= 0.3 is 0 Å². The minimum Gasteiger partial charge on any atom is -0.285 e. The molecule has 1 aliphatic heterocycles. The predicted molar refractivity (Wildman–Crippen MR) is 102 cm³/mol. The molecule has 0 radical (unpaired) electrons. The van der Waals surface area contributed by atoms with Crippen molar-refractivity contribution in [3.63, 3.8) is 0 Å². The first-order valence-electron chi connectivity index (χ1n) is 8.77. The molecule has 4 nitrogen and oxygen atoms in total. The van der Waals surface area contributed by atoms with Crippen LogP contribution in [-0.2, 0) is 6.54 Å². The molecule has 3 aromatic rings. The van der Waals surface area contributed by atoms with Crippen LogP contribution in [0.25, 0.3) is 22.4 Å². The molecule has 0 amide bonds. The molecule has 0 saturated carbocycles. The first-order chi connectivity index (χ1) is 12.4. The smallest absolute Gasteiger partial charge is 0.123 e. The first kappa shape index (κ1) is 16.6. The van der Waals surface area contributed by atoms with Gasteiger partial charge in [-0.2, -0.15) is 5.10 Å². The van der Waals surface area contributed by atoms with Gasteiger partial charge in [-0.1, -0.05) is 32.9 Å². The van der Waals surface area contributed by atoms with Gasteiger partial charge in [0.15, 0.2) is 0 Å². The van der Waals surface area contributed by atoms with Gasteiger partial charge in [0.2, 0.25) is 0 Å². The molecule has 0 saturated heterocycles. The molecule has 0 spiro atoms. The Kier molecular flexibility index (Phi) is 3.94. The third-order valence-electron chi connectivity index (χ3n) is 4.54. The van der Waals surface area contributed by atoms with E-state index in [2.05, 4.69) is 25.8 Å². The molecule has 2 aromatic heterocycles. The van der Waals surface area contributed by atoms with Crippen LogP contribution in [0.2, 0.25) is 0 Å². The van der Waals surface area contributed by atoms with Crippen molar-refractivity contribution in [3.8, 4) is 22.4 Å². The molecule has 0 N–H and O–H groups in total. The number of aliphatic imine (C=N–C) groups is 1. The molecule has 0 aliphatic carbocycles. The maximum atomic E-state index is 13.9. The van der Waals surface area contributed by atoms with Gasteiger partial charge in [-0.25, -0.2) is 4.39 Å². The Balaban J connectivity index is 2.03. The maximum absolute atomic E-state index is 13.9. The SMILES string of the molecule is CC(C)(C)C1=NCCn2nc(-c3cccc(F)c3)c(-c3ccncc3)c21. The van der Waals surface area contributed by atoms with Gasteiger partial charge in [0.25, 0.3) is 0 Å². The van der Waals surface area contributed by atoms with Gasteiger partial charge < -0.3 is 0 Å². The number of rotatable bonds is 2. The normalized spacial score (nSPS) is 14.1. The molecule has 0 fully saturated rings. The molecule has 26 heavy (non-hydrogen) atoms. The summed E-state index contributed by atoms with van der Waals surface area (Å²) in [6.07, 6.45) is 3.54. The van der Waals surface area contributed by atoms with Crippen LogP contribution in [0.3, 0.4) is 0 Å². The number of pyridine rings is 1. The zero-order valence-electron chi connectivity index (χ0n) is 15.2. The minimum atomic E-state index is -0.265. The highest BCUT2D eigenvalue weighted by atomic mass is 19.1. The molecule has 1 aliphatic rings. The summed E-state index contributed by atoms with van der Waals surface area (Å²) in [5.74, 6) is -0.265. The second-order valence-corrected chi connectivity index (χ2v) is 7.52. The largest absolute Gasteiger partial charge is 0.285 e. The molecule has 3 heterocycles. The second kappa shape index (κ2) is 6.16. The predicted octanol–water partition coefficient (Wildman–Crippen LogP) is 4.60. The molecule has 5 heteroatoms. The number of nitrogens with zero attached hydrogens (tertiary/aromatic N) is 4. The van der Waals surface area contributed by atoms with Gasteiger partial charge in [-0.3, -0.25) is 14.7 Å². The Morgan fingerprint density at radius 3 is 2.50 bits per heavy atom. The van der Waals surface area contributed by atoms with Crippen LogP contribution in [0, 0.1) is 11.2 Å². The van der Waals surface area contributed by atoms with Gasteiger partial charge in [-0.05, 0) is 29.8 Å². The van der Waals surface area contributed by atoms with Crippen LogP contribution >= 0.6 is 0 Å². The lowest BCUT2D eigenvalue weighted by Gasteiger charge is -2.26. The number of hydrogen-bond acceptors (Lipinski definition) is 3. The lowest BCUT2D eigenvalue weighted by Crippen LogP contribution is -2.29. The average Bonchev–Trinajstić information content (AvgIpc) is 3.01. The van der Waals surface area contributed by atoms with E-state index in [1.54, 1.807) is 18.5 Å². The quantitative estimate of drug-likeness (QED) is 0.679. The Morgan fingerprint density at radius 2 is 1.81 bits per heavy atom. The Hall–Kier alpha value is -2.82. The summed E-state index contributed by atoms with van der Waals surface area (Å²) in [6.45, 7) is 7.91. The Bertz CT molecular complexity index is 981. The van der Waals surface area contributed by atoms with Crippen molar-refractivity contribution in [1.29, 1.82) is 0 Å². The topological polar surface area (TPSA) is 43.1 Å². The number of benzene rings is 1. The van der Waals surface area contributed by atoms with Crippen molar-refractivity contribution in [2.24, 2.45) is 10.4 Å². The fraction of sp³-hybridized carbons (Fsp3) is 0.286. The van der Waals surface area contributed by atoms with Gasteiger partial charge in [-0.15, -0.1) is 0 Å². The molecule has 1 aromatic carbocycles. The summed E-state index contributed by atoms with van der Waals surface area (Å²) in [5.41, 5.74) is 5.50.